The molecule has 150 valence electrons. The van der Waals surface area contributed by atoms with Crippen LogP contribution in [0.25, 0.3) is 0 Å². The SMILES string of the molecule is Nc1nc[nH]c1Nc1c(N2C[C@H](CCCB(O)O)[C@](N)(C(=O)O)C2)c(=O)c1=O. The van der Waals surface area contributed by atoms with Crippen molar-refractivity contribution >= 4 is 36.1 Å². The van der Waals surface area contributed by atoms with Crippen LogP contribution in [0.1, 0.15) is 12.8 Å². The number of aromatic amines is 1. The first kappa shape index (κ1) is 19.9. The molecule has 0 radical (unpaired) electrons. The van der Waals surface area contributed by atoms with Crippen LogP contribution in [0.2, 0.25) is 6.32 Å². The van der Waals surface area contributed by atoms with E-state index < -0.39 is 35.4 Å². The number of rotatable bonds is 8. The van der Waals surface area contributed by atoms with Gasteiger partial charge in [-0.3, -0.25) is 14.4 Å². The molecule has 1 aromatic carbocycles. The Balaban J connectivity index is 1.84. The van der Waals surface area contributed by atoms with Gasteiger partial charge in [0.25, 0.3) is 10.9 Å². The molecular weight excluding hydrogens is 371 g/mol. The van der Waals surface area contributed by atoms with E-state index in [0.717, 1.165) is 0 Å². The minimum absolute atomic E-state index is 0.000110. The molecular formula is C15H21BN6O6. The van der Waals surface area contributed by atoms with E-state index >= 15 is 0 Å². The monoisotopic (exact) mass is 392 g/mol. The zero-order valence-electron chi connectivity index (χ0n) is 14.9. The molecule has 2 atom stereocenters. The first-order valence-electron chi connectivity index (χ1n) is 8.67. The second-order valence-electron chi connectivity index (χ2n) is 7.00. The first-order valence-corrected chi connectivity index (χ1v) is 8.67. The Bertz CT molecular complexity index is 953. The molecule has 0 bridgehead atoms. The van der Waals surface area contributed by atoms with E-state index in [0.29, 0.717) is 12.8 Å². The average Bonchev–Trinajstić information content (AvgIpc) is 3.18. The van der Waals surface area contributed by atoms with E-state index in [1.165, 1.54) is 11.2 Å². The molecule has 1 aliphatic rings. The zero-order chi connectivity index (χ0) is 20.6. The normalized spacial score (nSPS) is 22.0. The summed E-state index contributed by atoms with van der Waals surface area (Å²) in [5.74, 6) is -1.41. The smallest absolute Gasteiger partial charge is 0.451 e. The van der Waals surface area contributed by atoms with E-state index in [1.54, 1.807) is 0 Å². The topological polar surface area (TPSA) is 208 Å². The zero-order valence-corrected chi connectivity index (χ0v) is 14.9. The molecule has 2 aromatic rings. The lowest BCUT2D eigenvalue weighted by atomic mass is 9.78. The summed E-state index contributed by atoms with van der Waals surface area (Å²) in [4.78, 5) is 43.9. The van der Waals surface area contributed by atoms with Gasteiger partial charge in [0, 0.05) is 19.0 Å². The van der Waals surface area contributed by atoms with Crippen LogP contribution >= 0.6 is 0 Å². The largest absolute Gasteiger partial charge is 0.480 e. The molecule has 13 heteroatoms. The summed E-state index contributed by atoms with van der Waals surface area (Å²) < 4.78 is 0. The number of nitrogens with zero attached hydrogens (tertiary/aromatic N) is 2. The maximum absolute atomic E-state index is 12.2. The van der Waals surface area contributed by atoms with Gasteiger partial charge in [-0.2, -0.15) is 0 Å². The number of carbonyl (C=O) groups is 1. The quantitative estimate of drug-likeness (QED) is 0.189. The number of carboxylic acid groups (broad SMARTS) is 1. The highest BCUT2D eigenvalue weighted by Crippen LogP contribution is 2.36. The third kappa shape index (κ3) is 3.34. The number of nitrogen functional groups attached to an aromatic ring is 1. The number of aliphatic carboxylic acids is 1. The van der Waals surface area contributed by atoms with Crippen molar-refractivity contribution < 1.29 is 19.9 Å². The standard InChI is InChI=1S/C15H21BN6O6/c17-12-13(20-6-19-12)21-8-9(11(24)10(8)23)22-4-7(2-1-3-16(27)28)15(18,5-22)14(25)26/h6-7,21,27-28H,1-5,17-18H2,(H,19,20)(H,25,26)/t7-,15-/m0/s1. The minimum atomic E-state index is -1.63. The van der Waals surface area contributed by atoms with Crippen LogP contribution in [-0.4, -0.2) is 56.8 Å². The lowest BCUT2D eigenvalue weighted by Gasteiger charge is -2.25. The predicted octanol–water partition coefficient (Wildman–Crippen LogP) is -2.20. The predicted molar refractivity (Wildman–Crippen MR) is 102 cm³/mol. The summed E-state index contributed by atoms with van der Waals surface area (Å²) in [6.07, 6.45) is 2.07. The molecule has 1 fully saturated rings. The second kappa shape index (κ2) is 7.26. The van der Waals surface area contributed by atoms with Gasteiger partial charge in [-0.25, -0.2) is 4.98 Å². The van der Waals surface area contributed by atoms with Crippen LogP contribution in [0.5, 0.6) is 0 Å². The Kier molecular flexibility index (Phi) is 5.15. The van der Waals surface area contributed by atoms with Gasteiger partial charge in [0.15, 0.2) is 11.6 Å². The molecule has 1 aromatic heterocycles. The van der Waals surface area contributed by atoms with Gasteiger partial charge in [-0.05, 0) is 12.7 Å². The highest BCUT2D eigenvalue weighted by Gasteiger charge is 2.51. The van der Waals surface area contributed by atoms with Crippen LogP contribution in [-0.2, 0) is 4.79 Å². The third-order valence-electron chi connectivity index (χ3n) is 5.15. The van der Waals surface area contributed by atoms with Crippen LogP contribution in [0.3, 0.4) is 0 Å². The Hall–Kier alpha value is -2.90. The lowest BCUT2D eigenvalue weighted by Crippen LogP contribution is -2.55. The van der Waals surface area contributed by atoms with Gasteiger partial charge in [0.2, 0.25) is 0 Å². The second-order valence-corrected chi connectivity index (χ2v) is 7.00. The van der Waals surface area contributed by atoms with Crippen molar-refractivity contribution in [2.75, 3.05) is 29.0 Å². The number of hydrogen-bond donors (Lipinski definition) is 7. The fraction of sp³-hybridized carbons (Fsp3) is 0.467. The number of imidazole rings is 1. The molecule has 1 aliphatic heterocycles. The number of nitrogens with two attached hydrogens (primary N) is 2. The summed E-state index contributed by atoms with van der Waals surface area (Å²) in [5, 5.41) is 30.3. The van der Waals surface area contributed by atoms with Crippen LogP contribution < -0.4 is 32.5 Å². The van der Waals surface area contributed by atoms with Crippen molar-refractivity contribution in [2.24, 2.45) is 11.7 Å². The number of aromatic nitrogens is 2. The summed E-state index contributed by atoms with van der Waals surface area (Å²) in [6.45, 7) is -0.0189. The van der Waals surface area contributed by atoms with E-state index in [2.05, 4.69) is 15.3 Å². The van der Waals surface area contributed by atoms with Gasteiger partial charge in [-0.15, -0.1) is 0 Å². The maximum Gasteiger partial charge on any atom is 0.451 e. The van der Waals surface area contributed by atoms with Crippen molar-refractivity contribution in [3.63, 3.8) is 0 Å². The van der Waals surface area contributed by atoms with Crippen molar-refractivity contribution in [2.45, 2.75) is 24.7 Å². The van der Waals surface area contributed by atoms with Crippen LogP contribution in [0.4, 0.5) is 23.0 Å². The molecule has 0 saturated carbocycles. The Morgan fingerprint density at radius 1 is 1.43 bits per heavy atom. The average molecular weight is 392 g/mol. The van der Waals surface area contributed by atoms with Crippen molar-refractivity contribution in [1.82, 2.24) is 9.97 Å². The first-order chi connectivity index (χ1) is 13.1. The molecule has 0 unspecified atom stereocenters. The molecule has 3 rings (SSSR count). The summed E-state index contributed by atoms with van der Waals surface area (Å²) in [5.41, 5.74) is 8.71. The molecule has 12 nitrogen and oxygen atoms in total. The van der Waals surface area contributed by atoms with E-state index in [-0.39, 0.29) is 42.4 Å². The van der Waals surface area contributed by atoms with Crippen LogP contribution in [0, 0.1) is 5.92 Å². The fourth-order valence-electron chi connectivity index (χ4n) is 3.57. The molecule has 28 heavy (non-hydrogen) atoms. The third-order valence-corrected chi connectivity index (χ3v) is 5.15. The van der Waals surface area contributed by atoms with Gasteiger partial charge in [0.05, 0.1) is 6.33 Å². The van der Waals surface area contributed by atoms with Gasteiger partial charge < -0.3 is 41.8 Å². The van der Waals surface area contributed by atoms with Crippen molar-refractivity contribution in [3.8, 4) is 0 Å². The summed E-state index contributed by atoms with van der Waals surface area (Å²) in [6, 6.07) is 0. The number of nitrogens with one attached hydrogen (secondary N) is 2. The Morgan fingerprint density at radius 2 is 2.14 bits per heavy atom. The molecule has 9 N–H and O–H groups in total. The van der Waals surface area contributed by atoms with Crippen LogP contribution in [0.15, 0.2) is 15.9 Å². The highest BCUT2D eigenvalue weighted by atomic mass is 16.4. The minimum Gasteiger partial charge on any atom is -0.480 e. The van der Waals surface area contributed by atoms with E-state index in [1.807, 2.05) is 0 Å². The summed E-state index contributed by atoms with van der Waals surface area (Å²) >= 11 is 0. The fourth-order valence-corrected chi connectivity index (χ4v) is 3.57. The van der Waals surface area contributed by atoms with Gasteiger partial charge in [0.1, 0.15) is 16.9 Å². The molecule has 2 heterocycles. The number of H-pyrrole nitrogens is 1. The maximum atomic E-state index is 12.2. The van der Waals surface area contributed by atoms with Crippen molar-refractivity contribution in [3.05, 3.63) is 26.8 Å². The number of anilines is 4. The lowest BCUT2D eigenvalue weighted by molar-refractivity contribution is -0.144. The molecule has 0 spiro atoms. The number of carboxylic acids is 1. The Morgan fingerprint density at radius 3 is 2.71 bits per heavy atom. The van der Waals surface area contributed by atoms with E-state index in [4.69, 9.17) is 21.5 Å². The van der Waals surface area contributed by atoms with Crippen molar-refractivity contribution in [1.29, 1.82) is 0 Å². The van der Waals surface area contributed by atoms with E-state index in [9.17, 15) is 19.5 Å². The molecule has 1 saturated heterocycles. The summed E-state index contributed by atoms with van der Waals surface area (Å²) in [7, 11) is -1.49. The Labute approximate surface area is 159 Å². The highest BCUT2D eigenvalue weighted by molar-refractivity contribution is 6.40. The van der Waals surface area contributed by atoms with Gasteiger partial charge in [-0.1, -0.05) is 6.42 Å². The van der Waals surface area contributed by atoms with Gasteiger partial charge >= 0.3 is 13.1 Å². The molecule has 0 amide bonds. The molecule has 0 aliphatic carbocycles. The number of hydrogen-bond acceptors (Lipinski definition) is 10.